The summed E-state index contributed by atoms with van der Waals surface area (Å²) in [5.41, 5.74) is 1.13. The van der Waals surface area contributed by atoms with Crippen molar-refractivity contribution in [3.05, 3.63) is 41.7 Å². The van der Waals surface area contributed by atoms with Gasteiger partial charge in [-0.3, -0.25) is 0 Å². The van der Waals surface area contributed by atoms with E-state index >= 15 is 0 Å². The topological polar surface area (TPSA) is 54.5 Å². The van der Waals surface area contributed by atoms with E-state index < -0.39 is 0 Å². The van der Waals surface area contributed by atoms with E-state index in [1.807, 2.05) is 6.07 Å². The zero-order valence-electron chi connectivity index (χ0n) is 9.64. The van der Waals surface area contributed by atoms with Crippen LogP contribution in [0.15, 0.2) is 30.3 Å². The first kappa shape index (κ1) is 10.8. The summed E-state index contributed by atoms with van der Waals surface area (Å²) in [4.78, 5) is 0. The minimum Gasteiger partial charge on any atom is -0.177 e. The first-order chi connectivity index (χ1) is 7.83. The molecule has 0 amide bonds. The molecule has 2 rings (SSSR count). The van der Waals surface area contributed by atoms with Crippen LogP contribution in [0.2, 0.25) is 0 Å². The van der Waals surface area contributed by atoms with Crippen LogP contribution in [0.25, 0.3) is 0 Å². The molecule has 0 aliphatic rings. The van der Waals surface area contributed by atoms with Crippen LogP contribution >= 0.6 is 0 Å². The Bertz CT molecular complexity index is 418. The molecule has 16 heavy (non-hydrogen) atoms. The molecule has 0 aliphatic carbocycles. The molecule has 1 heterocycles. The van der Waals surface area contributed by atoms with Crippen LogP contribution in [-0.2, 0) is 5.41 Å². The van der Waals surface area contributed by atoms with Crippen LogP contribution in [0.3, 0.4) is 0 Å². The lowest BCUT2D eigenvalue weighted by atomic mass is 9.75. The van der Waals surface area contributed by atoms with Gasteiger partial charge in [-0.15, -0.1) is 10.2 Å². The summed E-state index contributed by atoms with van der Waals surface area (Å²) in [7, 11) is 0. The van der Waals surface area contributed by atoms with Crippen LogP contribution < -0.4 is 0 Å². The molecule has 0 unspecified atom stereocenters. The van der Waals surface area contributed by atoms with E-state index in [9.17, 15) is 0 Å². The van der Waals surface area contributed by atoms with Gasteiger partial charge in [0.25, 0.3) is 0 Å². The van der Waals surface area contributed by atoms with Crippen molar-refractivity contribution in [1.82, 2.24) is 20.6 Å². The summed E-state index contributed by atoms with van der Waals surface area (Å²) in [6.45, 7) is 4.32. The molecule has 0 aliphatic heterocycles. The SMILES string of the molecule is CCC(CC)(c1ccccc1)c1nn[nH]n1. The number of aromatic nitrogens is 4. The van der Waals surface area contributed by atoms with Crippen molar-refractivity contribution in [2.75, 3.05) is 0 Å². The second-order valence-corrected chi connectivity index (χ2v) is 3.89. The fourth-order valence-corrected chi connectivity index (χ4v) is 2.23. The average molecular weight is 216 g/mol. The van der Waals surface area contributed by atoms with Gasteiger partial charge in [-0.25, -0.2) is 0 Å². The van der Waals surface area contributed by atoms with Crippen LogP contribution in [0.4, 0.5) is 0 Å². The normalized spacial score (nSPS) is 11.6. The summed E-state index contributed by atoms with van der Waals surface area (Å²) in [5, 5.41) is 14.5. The van der Waals surface area contributed by atoms with Gasteiger partial charge in [-0.05, 0) is 18.4 Å². The van der Waals surface area contributed by atoms with E-state index in [0.29, 0.717) is 0 Å². The third-order valence-corrected chi connectivity index (χ3v) is 3.31. The molecule has 1 N–H and O–H groups in total. The van der Waals surface area contributed by atoms with Crippen molar-refractivity contribution in [2.45, 2.75) is 32.1 Å². The van der Waals surface area contributed by atoms with Crippen molar-refractivity contribution in [2.24, 2.45) is 0 Å². The lowest BCUT2D eigenvalue weighted by molar-refractivity contribution is 0.449. The third kappa shape index (κ3) is 1.60. The average Bonchev–Trinajstić information content (AvgIpc) is 2.87. The fraction of sp³-hybridized carbons (Fsp3) is 0.417. The summed E-state index contributed by atoms with van der Waals surface area (Å²) >= 11 is 0. The van der Waals surface area contributed by atoms with E-state index in [0.717, 1.165) is 18.7 Å². The van der Waals surface area contributed by atoms with Gasteiger partial charge in [0.1, 0.15) is 0 Å². The fourth-order valence-electron chi connectivity index (χ4n) is 2.23. The van der Waals surface area contributed by atoms with Gasteiger partial charge in [0, 0.05) is 0 Å². The highest BCUT2D eigenvalue weighted by atomic mass is 15.5. The number of nitrogens with one attached hydrogen (secondary N) is 1. The molecule has 1 aromatic carbocycles. The summed E-state index contributed by atoms with van der Waals surface area (Å²) in [6, 6.07) is 10.4. The molecular weight excluding hydrogens is 200 g/mol. The van der Waals surface area contributed by atoms with Gasteiger partial charge >= 0.3 is 0 Å². The van der Waals surface area contributed by atoms with E-state index in [4.69, 9.17) is 0 Å². The predicted molar refractivity (Wildman–Crippen MR) is 62.0 cm³/mol. The standard InChI is InChI=1S/C12H16N4/c1-3-12(4-2,11-13-15-16-14-11)10-8-6-5-7-9-10/h5-9H,3-4H2,1-2H3,(H,13,14,15,16). The number of aromatic amines is 1. The lowest BCUT2D eigenvalue weighted by Crippen LogP contribution is -2.27. The van der Waals surface area contributed by atoms with E-state index in [1.54, 1.807) is 0 Å². The molecule has 4 nitrogen and oxygen atoms in total. The molecule has 0 bridgehead atoms. The van der Waals surface area contributed by atoms with Crippen molar-refractivity contribution < 1.29 is 0 Å². The first-order valence-corrected chi connectivity index (χ1v) is 5.63. The lowest BCUT2D eigenvalue weighted by Gasteiger charge is -2.28. The number of H-pyrrole nitrogens is 1. The third-order valence-electron chi connectivity index (χ3n) is 3.31. The highest BCUT2D eigenvalue weighted by molar-refractivity contribution is 5.31. The molecular formula is C12H16N4. The summed E-state index contributed by atoms with van der Waals surface area (Å²) < 4.78 is 0. The van der Waals surface area contributed by atoms with Gasteiger partial charge in [0.05, 0.1) is 5.41 Å². The molecule has 0 fully saturated rings. The first-order valence-electron chi connectivity index (χ1n) is 5.63. The number of nitrogens with zero attached hydrogens (tertiary/aromatic N) is 3. The Hall–Kier alpha value is -1.71. The Labute approximate surface area is 95.1 Å². The molecule has 2 aromatic rings. The van der Waals surface area contributed by atoms with Crippen LogP contribution in [0, 0.1) is 0 Å². The van der Waals surface area contributed by atoms with E-state index in [-0.39, 0.29) is 5.41 Å². The maximum Gasteiger partial charge on any atom is 0.185 e. The summed E-state index contributed by atoms with van der Waals surface area (Å²) in [6.07, 6.45) is 1.93. The van der Waals surface area contributed by atoms with Gasteiger partial charge in [-0.1, -0.05) is 49.4 Å². The Morgan fingerprint density at radius 1 is 1.12 bits per heavy atom. The van der Waals surface area contributed by atoms with Crippen molar-refractivity contribution in [3.8, 4) is 0 Å². The van der Waals surface area contributed by atoms with Gasteiger partial charge < -0.3 is 0 Å². The number of hydrogen-bond donors (Lipinski definition) is 1. The van der Waals surface area contributed by atoms with Crippen molar-refractivity contribution in [3.63, 3.8) is 0 Å². The van der Waals surface area contributed by atoms with Gasteiger partial charge in [-0.2, -0.15) is 5.21 Å². The molecule has 84 valence electrons. The van der Waals surface area contributed by atoms with Crippen LogP contribution in [0.1, 0.15) is 38.1 Å². The molecule has 0 saturated carbocycles. The largest absolute Gasteiger partial charge is 0.185 e. The monoisotopic (exact) mass is 216 g/mol. The Morgan fingerprint density at radius 3 is 2.31 bits per heavy atom. The Kier molecular flexibility index (Phi) is 2.99. The molecule has 4 heteroatoms. The molecule has 0 spiro atoms. The second kappa shape index (κ2) is 4.43. The number of rotatable bonds is 4. The van der Waals surface area contributed by atoms with Crippen molar-refractivity contribution in [1.29, 1.82) is 0 Å². The van der Waals surface area contributed by atoms with Crippen LogP contribution in [-0.4, -0.2) is 20.6 Å². The number of benzene rings is 1. The minimum atomic E-state index is -0.117. The molecule has 1 aromatic heterocycles. The maximum absolute atomic E-state index is 4.16. The zero-order chi connectivity index (χ0) is 11.4. The Balaban J connectivity index is 2.52. The maximum atomic E-state index is 4.16. The molecule has 0 atom stereocenters. The predicted octanol–water partition coefficient (Wildman–Crippen LogP) is 2.31. The number of hydrogen-bond acceptors (Lipinski definition) is 3. The second-order valence-electron chi connectivity index (χ2n) is 3.89. The summed E-state index contributed by atoms with van der Waals surface area (Å²) in [5.74, 6) is 0.781. The van der Waals surface area contributed by atoms with E-state index in [1.165, 1.54) is 5.56 Å². The quantitative estimate of drug-likeness (QED) is 0.853. The van der Waals surface area contributed by atoms with Crippen molar-refractivity contribution >= 4 is 0 Å². The zero-order valence-corrected chi connectivity index (χ0v) is 9.64. The highest BCUT2D eigenvalue weighted by Crippen LogP contribution is 2.35. The minimum absolute atomic E-state index is 0.117. The highest BCUT2D eigenvalue weighted by Gasteiger charge is 2.34. The smallest absolute Gasteiger partial charge is 0.177 e. The Morgan fingerprint density at radius 2 is 1.81 bits per heavy atom. The molecule has 0 saturated heterocycles. The molecule has 0 radical (unpaired) electrons. The van der Waals surface area contributed by atoms with Crippen LogP contribution in [0.5, 0.6) is 0 Å². The van der Waals surface area contributed by atoms with Gasteiger partial charge in [0.15, 0.2) is 5.82 Å². The van der Waals surface area contributed by atoms with E-state index in [2.05, 4.69) is 58.7 Å². The number of tetrazole rings is 1. The van der Waals surface area contributed by atoms with Gasteiger partial charge in [0.2, 0.25) is 0 Å².